The van der Waals surface area contributed by atoms with Crippen molar-refractivity contribution in [3.8, 4) is 12.3 Å². The number of carboxylic acids is 1. The predicted molar refractivity (Wildman–Crippen MR) is 25.6 cm³/mol. The van der Waals surface area contributed by atoms with Crippen LogP contribution in [0.2, 0.25) is 0 Å². The average Bonchev–Trinajstić information content (AvgIpc) is 1.65. The number of aliphatic carboxylic acids is 1. The zero-order valence-corrected chi connectivity index (χ0v) is 3.64. The quantitative estimate of drug-likeness (QED) is 0.375. The van der Waals surface area contributed by atoms with Crippen LogP contribution in [0.3, 0.4) is 0 Å². The fraction of sp³-hybridized carbons (Fsp3) is 0. The molecule has 0 aromatic carbocycles. The van der Waals surface area contributed by atoms with Crippen LogP contribution in [0.15, 0.2) is 12.2 Å². The minimum atomic E-state index is -1.14. The van der Waals surface area contributed by atoms with Crippen molar-refractivity contribution in [2.75, 3.05) is 0 Å². The summed E-state index contributed by atoms with van der Waals surface area (Å²) in [7, 11) is 0. The number of hydrogen-bond donors (Lipinski definition) is 1. The van der Waals surface area contributed by atoms with E-state index in [0.717, 1.165) is 0 Å². The lowest BCUT2D eigenvalue weighted by Gasteiger charge is -1.79. The SMILES string of the molecule is C#CC(=C)C(=O)O. The van der Waals surface area contributed by atoms with Crippen molar-refractivity contribution in [2.45, 2.75) is 0 Å². The zero-order valence-electron chi connectivity index (χ0n) is 3.64. The van der Waals surface area contributed by atoms with E-state index >= 15 is 0 Å². The van der Waals surface area contributed by atoms with E-state index in [1.54, 1.807) is 0 Å². The van der Waals surface area contributed by atoms with Gasteiger partial charge >= 0.3 is 5.97 Å². The Labute approximate surface area is 41.5 Å². The second-order valence-electron chi connectivity index (χ2n) is 0.928. The second kappa shape index (κ2) is 2.04. The topological polar surface area (TPSA) is 37.3 Å². The molecule has 2 heteroatoms. The molecule has 0 saturated carbocycles. The number of carbonyl (C=O) groups is 1. The Morgan fingerprint density at radius 1 is 1.86 bits per heavy atom. The second-order valence-corrected chi connectivity index (χ2v) is 0.928. The van der Waals surface area contributed by atoms with Gasteiger partial charge in [-0.15, -0.1) is 6.42 Å². The maximum Gasteiger partial charge on any atom is 0.343 e. The molecule has 0 heterocycles. The minimum absolute atomic E-state index is 0.208. The van der Waals surface area contributed by atoms with Gasteiger partial charge in [-0.2, -0.15) is 0 Å². The van der Waals surface area contributed by atoms with Gasteiger partial charge < -0.3 is 5.11 Å². The Morgan fingerprint density at radius 3 is 2.29 bits per heavy atom. The van der Waals surface area contributed by atoms with Gasteiger partial charge in [0.2, 0.25) is 0 Å². The third-order valence-electron chi connectivity index (χ3n) is 0.432. The first-order valence-electron chi connectivity index (χ1n) is 1.57. The fourth-order valence-electron chi connectivity index (χ4n) is 0.0617. The molecule has 0 aromatic heterocycles. The van der Waals surface area contributed by atoms with Crippen LogP contribution in [0.1, 0.15) is 0 Å². The first-order chi connectivity index (χ1) is 3.18. The summed E-state index contributed by atoms with van der Waals surface area (Å²) in [6.45, 7) is 3.04. The summed E-state index contributed by atoms with van der Waals surface area (Å²) in [6, 6.07) is 0. The normalized spacial score (nSPS) is 6.71. The highest BCUT2D eigenvalue weighted by molar-refractivity contribution is 5.90. The zero-order chi connectivity index (χ0) is 5.86. The smallest absolute Gasteiger partial charge is 0.343 e. The van der Waals surface area contributed by atoms with Gasteiger partial charge in [0.15, 0.2) is 0 Å². The van der Waals surface area contributed by atoms with E-state index in [9.17, 15) is 4.79 Å². The maximum absolute atomic E-state index is 9.69. The molecule has 0 bridgehead atoms. The molecule has 2 nitrogen and oxygen atoms in total. The van der Waals surface area contributed by atoms with Gasteiger partial charge in [0.1, 0.15) is 5.57 Å². The molecule has 7 heavy (non-hydrogen) atoms. The summed E-state index contributed by atoms with van der Waals surface area (Å²) < 4.78 is 0. The van der Waals surface area contributed by atoms with Crippen LogP contribution in [0.25, 0.3) is 0 Å². The van der Waals surface area contributed by atoms with Crippen molar-refractivity contribution in [1.29, 1.82) is 0 Å². The lowest BCUT2D eigenvalue weighted by Crippen LogP contribution is -1.94. The molecule has 0 aliphatic heterocycles. The van der Waals surface area contributed by atoms with Gasteiger partial charge in [-0.1, -0.05) is 12.5 Å². The Balaban J connectivity index is 3.90. The lowest BCUT2D eigenvalue weighted by molar-refractivity contribution is -0.132. The highest BCUT2D eigenvalue weighted by atomic mass is 16.4. The molecular weight excluding hydrogens is 92.1 g/mol. The fourth-order valence-corrected chi connectivity index (χ4v) is 0.0617. The molecule has 1 N–H and O–H groups in total. The summed E-state index contributed by atoms with van der Waals surface area (Å²) >= 11 is 0. The molecule has 0 spiro atoms. The Hall–Kier alpha value is -1.23. The summed E-state index contributed by atoms with van der Waals surface area (Å²) in [5, 5.41) is 7.94. The third-order valence-corrected chi connectivity index (χ3v) is 0.432. The molecule has 0 unspecified atom stereocenters. The van der Waals surface area contributed by atoms with Crippen molar-refractivity contribution in [2.24, 2.45) is 0 Å². The van der Waals surface area contributed by atoms with Crippen LogP contribution >= 0.6 is 0 Å². The molecule has 0 aliphatic rings. The molecule has 36 valence electrons. The average molecular weight is 96.1 g/mol. The highest BCUT2D eigenvalue weighted by Crippen LogP contribution is 1.81. The highest BCUT2D eigenvalue weighted by Gasteiger charge is 1.94. The summed E-state index contributed by atoms with van der Waals surface area (Å²) in [4.78, 5) is 9.69. The van der Waals surface area contributed by atoms with Gasteiger partial charge in [0.25, 0.3) is 0 Å². The van der Waals surface area contributed by atoms with E-state index in [4.69, 9.17) is 5.11 Å². The van der Waals surface area contributed by atoms with Crippen LogP contribution in [-0.2, 0) is 4.79 Å². The summed E-state index contributed by atoms with van der Waals surface area (Å²) in [5.41, 5.74) is -0.208. The first kappa shape index (κ1) is 5.77. The van der Waals surface area contributed by atoms with E-state index in [2.05, 4.69) is 13.0 Å². The summed E-state index contributed by atoms with van der Waals surface area (Å²) in [5.74, 6) is 0.734. The lowest BCUT2D eigenvalue weighted by atomic mass is 10.3. The van der Waals surface area contributed by atoms with Gasteiger partial charge in [-0.3, -0.25) is 0 Å². The van der Waals surface area contributed by atoms with Crippen molar-refractivity contribution in [3.63, 3.8) is 0 Å². The van der Waals surface area contributed by atoms with Crippen molar-refractivity contribution >= 4 is 5.97 Å². The Kier molecular flexibility index (Phi) is 1.68. The summed E-state index contributed by atoms with van der Waals surface area (Å²) in [6.07, 6.45) is 4.64. The van der Waals surface area contributed by atoms with E-state index in [-0.39, 0.29) is 5.57 Å². The molecule has 0 saturated heterocycles. The van der Waals surface area contributed by atoms with Crippen LogP contribution in [0.4, 0.5) is 0 Å². The van der Waals surface area contributed by atoms with Crippen molar-refractivity contribution in [3.05, 3.63) is 12.2 Å². The van der Waals surface area contributed by atoms with Crippen LogP contribution in [0, 0.1) is 12.3 Å². The molecule has 0 rings (SSSR count). The van der Waals surface area contributed by atoms with Gasteiger partial charge in [0.05, 0.1) is 0 Å². The molecule has 0 radical (unpaired) electrons. The van der Waals surface area contributed by atoms with Gasteiger partial charge in [-0.25, -0.2) is 4.79 Å². The first-order valence-corrected chi connectivity index (χ1v) is 1.57. The van der Waals surface area contributed by atoms with Crippen LogP contribution in [0.5, 0.6) is 0 Å². The Bertz CT molecular complexity index is 139. The Morgan fingerprint density at radius 2 is 2.29 bits per heavy atom. The van der Waals surface area contributed by atoms with Gasteiger partial charge in [-0.05, 0) is 0 Å². The third kappa shape index (κ3) is 1.61. The molecule has 0 aliphatic carbocycles. The van der Waals surface area contributed by atoms with Gasteiger partial charge in [0, 0.05) is 0 Å². The number of rotatable bonds is 1. The molecule has 0 atom stereocenters. The predicted octanol–water partition coefficient (Wildman–Crippen LogP) is 0.260. The molecular formula is C5H4O2. The minimum Gasteiger partial charge on any atom is -0.477 e. The standard InChI is InChI=1S/C5H4O2/c1-3-4(2)5(6)7/h1H,2H2,(H,6,7). The monoisotopic (exact) mass is 96.0 g/mol. The van der Waals surface area contributed by atoms with Crippen LogP contribution in [-0.4, -0.2) is 11.1 Å². The number of terminal acetylenes is 1. The largest absolute Gasteiger partial charge is 0.477 e. The van der Waals surface area contributed by atoms with E-state index in [1.807, 2.05) is 5.92 Å². The van der Waals surface area contributed by atoms with Crippen molar-refractivity contribution in [1.82, 2.24) is 0 Å². The van der Waals surface area contributed by atoms with E-state index in [1.165, 1.54) is 0 Å². The molecule has 0 amide bonds. The number of hydrogen-bond acceptors (Lipinski definition) is 1. The molecule has 0 aromatic rings. The van der Waals surface area contributed by atoms with E-state index < -0.39 is 5.97 Å². The van der Waals surface area contributed by atoms with Crippen LogP contribution < -0.4 is 0 Å². The maximum atomic E-state index is 9.69. The number of carboxylic acid groups (broad SMARTS) is 1. The van der Waals surface area contributed by atoms with E-state index in [0.29, 0.717) is 0 Å². The van der Waals surface area contributed by atoms with Crippen molar-refractivity contribution < 1.29 is 9.90 Å². The molecule has 0 fully saturated rings.